The van der Waals surface area contributed by atoms with Crippen LogP contribution in [0.25, 0.3) is 0 Å². The van der Waals surface area contributed by atoms with Gasteiger partial charge in [0.1, 0.15) is 24.2 Å². The number of methoxy groups -OCH3 is 1. The van der Waals surface area contributed by atoms with E-state index in [9.17, 15) is 22.4 Å². The van der Waals surface area contributed by atoms with Crippen LogP contribution in [0.3, 0.4) is 0 Å². The molecule has 41 heavy (non-hydrogen) atoms. The van der Waals surface area contributed by atoms with Crippen molar-refractivity contribution in [2.75, 3.05) is 18.0 Å². The van der Waals surface area contributed by atoms with Crippen LogP contribution >= 0.6 is 11.6 Å². The first kappa shape index (κ1) is 30.3. The van der Waals surface area contributed by atoms with E-state index in [2.05, 4.69) is 5.32 Å². The molecular weight excluding hydrogens is 569 g/mol. The van der Waals surface area contributed by atoms with E-state index < -0.39 is 34.3 Å². The summed E-state index contributed by atoms with van der Waals surface area (Å²) in [7, 11) is -2.73. The molecule has 3 aromatic carbocycles. The highest BCUT2D eigenvalue weighted by Crippen LogP contribution is 2.28. The van der Waals surface area contributed by atoms with E-state index >= 15 is 0 Å². The Bertz CT molecular complexity index is 1470. The van der Waals surface area contributed by atoms with Crippen molar-refractivity contribution >= 4 is 39.1 Å². The molecule has 1 aliphatic carbocycles. The lowest BCUT2D eigenvalue weighted by Crippen LogP contribution is -2.52. The summed E-state index contributed by atoms with van der Waals surface area (Å²) in [5.41, 5.74) is 0.739. The van der Waals surface area contributed by atoms with Gasteiger partial charge in [0.25, 0.3) is 10.0 Å². The van der Waals surface area contributed by atoms with E-state index in [4.69, 9.17) is 16.3 Å². The number of carbonyl (C=O) groups excluding carboxylic acids is 2. The molecule has 3 aromatic rings. The first-order valence-electron chi connectivity index (χ1n) is 13.4. The zero-order valence-corrected chi connectivity index (χ0v) is 24.5. The number of anilines is 1. The number of nitrogens with zero attached hydrogens (tertiary/aromatic N) is 2. The Hall–Kier alpha value is -3.63. The Kier molecular flexibility index (Phi) is 9.88. The summed E-state index contributed by atoms with van der Waals surface area (Å²) < 4.78 is 47.7. The molecular formula is C30H33ClFN3O5S. The molecule has 0 bridgehead atoms. The molecule has 2 amide bonds. The van der Waals surface area contributed by atoms with Gasteiger partial charge in [-0.1, -0.05) is 54.8 Å². The Morgan fingerprint density at radius 2 is 1.71 bits per heavy atom. The average molecular weight is 602 g/mol. The van der Waals surface area contributed by atoms with Crippen molar-refractivity contribution in [1.82, 2.24) is 10.2 Å². The number of halogens is 2. The van der Waals surface area contributed by atoms with Gasteiger partial charge in [0.15, 0.2) is 0 Å². The minimum Gasteiger partial charge on any atom is -0.497 e. The highest BCUT2D eigenvalue weighted by molar-refractivity contribution is 7.92. The third kappa shape index (κ3) is 7.37. The molecule has 1 N–H and O–H groups in total. The second-order valence-electron chi connectivity index (χ2n) is 9.96. The number of hydrogen-bond donors (Lipinski definition) is 1. The summed E-state index contributed by atoms with van der Waals surface area (Å²) in [6.45, 7) is 1.03. The van der Waals surface area contributed by atoms with Gasteiger partial charge in [-0.2, -0.15) is 0 Å². The van der Waals surface area contributed by atoms with Crippen LogP contribution in [0.15, 0.2) is 77.7 Å². The minimum absolute atomic E-state index is 0.0149. The molecule has 0 radical (unpaired) electrons. The number of ether oxygens (including phenoxy) is 1. The Morgan fingerprint density at radius 3 is 2.32 bits per heavy atom. The molecule has 1 fully saturated rings. The smallest absolute Gasteiger partial charge is 0.264 e. The zero-order chi connectivity index (χ0) is 29.6. The summed E-state index contributed by atoms with van der Waals surface area (Å²) in [5, 5.41) is 2.74. The molecule has 1 saturated carbocycles. The van der Waals surface area contributed by atoms with Gasteiger partial charge in [0.2, 0.25) is 11.8 Å². The van der Waals surface area contributed by atoms with E-state index in [0.717, 1.165) is 47.7 Å². The molecule has 0 heterocycles. The van der Waals surface area contributed by atoms with Crippen LogP contribution in [0, 0.1) is 5.82 Å². The number of nitrogens with one attached hydrogen (secondary N) is 1. The standard InChI is InChI=1S/C30H33ClFN3O5S/c1-21(30(37)33-23-8-6-7-9-23)34(19-22-12-15-25(40-2)16-13-22)29(36)20-35(24-14-17-28(32)27(31)18-24)41(38,39)26-10-4-3-5-11-26/h3-5,10-18,21,23H,6-9,19-20H2,1-2H3,(H,33,37)/t21-/m0/s1. The highest BCUT2D eigenvalue weighted by Gasteiger charge is 2.33. The van der Waals surface area contributed by atoms with Gasteiger partial charge in [-0.3, -0.25) is 13.9 Å². The van der Waals surface area contributed by atoms with Gasteiger partial charge in [-0.25, -0.2) is 12.8 Å². The molecule has 218 valence electrons. The Labute approximate surface area is 245 Å². The summed E-state index contributed by atoms with van der Waals surface area (Å²) in [6.07, 6.45) is 3.80. The number of carbonyl (C=O) groups is 2. The van der Waals surface area contributed by atoms with Gasteiger partial charge in [-0.15, -0.1) is 0 Å². The number of sulfonamides is 1. The molecule has 0 saturated heterocycles. The summed E-state index contributed by atoms with van der Waals surface area (Å²) in [5.74, 6) is -1.03. The van der Waals surface area contributed by atoms with Crippen LogP contribution in [0.5, 0.6) is 5.75 Å². The largest absolute Gasteiger partial charge is 0.497 e. The fraction of sp³-hybridized carbons (Fsp3) is 0.333. The second-order valence-corrected chi connectivity index (χ2v) is 12.2. The van der Waals surface area contributed by atoms with Gasteiger partial charge in [0.05, 0.1) is 22.7 Å². The van der Waals surface area contributed by atoms with E-state index in [-0.39, 0.29) is 34.1 Å². The van der Waals surface area contributed by atoms with Crippen molar-refractivity contribution in [1.29, 1.82) is 0 Å². The molecule has 1 aliphatic rings. The Balaban J connectivity index is 1.69. The molecule has 0 spiro atoms. The molecule has 4 rings (SSSR count). The SMILES string of the molecule is COc1ccc(CN(C(=O)CN(c2ccc(F)c(Cl)c2)S(=O)(=O)c2ccccc2)[C@@H](C)C(=O)NC2CCCC2)cc1. The monoisotopic (exact) mass is 601 g/mol. The van der Waals surface area contributed by atoms with Crippen LogP contribution in [-0.2, 0) is 26.2 Å². The number of benzene rings is 3. The fourth-order valence-electron chi connectivity index (χ4n) is 4.79. The van der Waals surface area contributed by atoms with Gasteiger partial charge >= 0.3 is 0 Å². The van der Waals surface area contributed by atoms with Crippen LogP contribution in [0.4, 0.5) is 10.1 Å². The van der Waals surface area contributed by atoms with Gasteiger partial charge < -0.3 is 15.0 Å². The van der Waals surface area contributed by atoms with Crippen LogP contribution in [0.1, 0.15) is 38.2 Å². The van der Waals surface area contributed by atoms with Crippen molar-refractivity contribution in [2.24, 2.45) is 0 Å². The van der Waals surface area contributed by atoms with Crippen molar-refractivity contribution in [2.45, 2.75) is 56.1 Å². The average Bonchev–Trinajstić information content (AvgIpc) is 3.49. The fourth-order valence-corrected chi connectivity index (χ4v) is 6.39. The third-order valence-electron chi connectivity index (χ3n) is 7.18. The van der Waals surface area contributed by atoms with Crippen molar-refractivity contribution in [3.63, 3.8) is 0 Å². The first-order chi connectivity index (χ1) is 19.6. The normalized spacial score (nSPS) is 14.3. The molecule has 11 heteroatoms. The van der Waals surface area contributed by atoms with E-state index in [1.165, 1.54) is 23.1 Å². The van der Waals surface area contributed by atoms with Crippen molar-refractivity contribution in [3.8, 4) is 5.75 Å². The third-order valence-corrected chi connectivity index (χ3v) is 9.26. The highest BCUT2D eigenvalue weighted by atomic mass is 35.5. The van der Waals surface area contributed by atoms with Gasteiger partial charge in [0, 0.05) is 12.6 Å². The molecule has 8 nitrogen and oxygen atoms in total. The lowest BCUT2D eigenvalue weighted by atomic mass is 10.1. The number of rotatable bonds is 11. The molecule has 0 aliphatic heterocycles. The molecule has 0 unspecified atom stereocenters. The van der Waals surface area contributed by atoms with Crippen molar-refractivity contribution in [3.05, 3.63) is 89.2 Å². The van der Waals surface area contributed by atoms with Crippen LogP contribution in [0.2, 0.25) is 5.02 Å². The molecule has 1 atom stereocenters. The topological polar surface area (TPSA) is 96.0 Å². The van der Waals surface area contributed by atoms with E-state index in [0.29, 0.717) is 5.75 Å². The molecule has 0 aromatic heterocycles. The number of hydrogen-bond acceptors (Lipinski definition) is 5. The van der Waals surface area contributed by atoms with E-state index in [1.54, 1.807) is 56.5 Å². The summed E-state index contributed by atoms with van der Waals surface area (Å²) >= 11 is 6.00. The lowest BCUT2D eigenvalue weighted by Gasteiger charge is -2.32. The van der Waals surface area contributed by atoms with Crippen LogP contribution < -0.4 is 14.4 Å². The zero-order valence-electron chi connectivity index (χ0n) is 22.9. The second kappa shape index (κ2) is 13.4. The maximum atomic E-state index is 14.0. The first-order valence-corrected chi connectivity index (χ1v) is 15.2. The maximum absolute atomic E-state index is 14.0. The Morgan fingerprint density at radius 1 is 1.05 bits per heavy atom. The maximum Gasteiger partial charge on any atom is 0.264 e. The predicted octanol–water partition coefficient (Wildman–Crippen LogP) is 5.16. The quantitative estimate of drug-likeness (QED) is 0.328. The predicted molar refractivity (Wildman–Crippen MR) is 156 cm³/mol. The minimum atomic E-state index is -4.27. The summed E-state index contributed by atoms with van der Waals surface area (Å²) in [6, 6.07) is 17.3. The van der Waals surface area contributed by atoms with Crippen molar-refractivity contribution < 1.29 is 27.1 Å². The van der Waals surface area contributed by atoms with Gasteiger partial charge in [-0.05, 0) is 67.8 Å². The lowest BCUT2D eigenvalue weighted by molar-refractivity contribution is -0.139. The van der Waals surface area contributed by atoms with Crippen LogP contribution in [-0.4, -0.2) is 50.9 Å². The van der Waals surface area contributed by atoms with E-state index in [1.807, 2.05) is 0 Å². The summed E-state index contributed by atoms with van der Waals surface area (Å²) in [4.78, 5) is 28.5. The number of amides is 2.